The van der Waals surface area contributed by atoms with Crippen molar-refractivity contribution in [1.82, 2.24) is 10.2 Å². The van der Waals surface area contributed by atoms with Crippen LogP contribution in [0.5, 0.6) is 0 Å². The summed E-state index contributed by atoms with van der Waals surface area (Å²) in [6, 6.07) is 3.50. The number of carboxylic acid groups (broad SMARTS) is 1. The molecule has 0 spiro atoms. The molecule has 0 fully saturated rings. The van der Waals surface area contributed by atoms with E-state index in [0.29, 0.717) is 4.88 Å². The third kappa shape index (κ3) is 5.59. The lowest BCUT2D eigenvalue weighted by atomic mass is 10.4. The second-order valence-corrected chi connectivity index (χ2v) is 5.21. The van der Waals surface area contributed by atoms with E-state index < -0.39 is 5.97 Å². The first-order chi connectivity index (χ1) is 8.63. The Bertz CT molecular complexity index is 368. The molecule has 0 saturated carbocycles. The van der Waals surface area contributed by atoms with Crippen LogP contribution in [0.2, 0.25) is 0 Å². The van der Waals surface area contributed by atoms with Crippen LogP contribution in [0.3, 0.4) is 0 Å². The maximum Gasteiger partial charge on any atom is 0.345 e. The molecule has 2 N–H and O–H groups in total. The van der Waals surface area contributed by atoms with Gasteiger partial charge < -0.3 is 20.1 Å². The quantitative estimate of drug-likeness (QED) is 0.660. The Hall–Kier alpha value is -0.950. The molecule has 1 aromatic heterocycles. The molecule has 1 rings (SSSR count). The number of carboxylic acids is 1. The molecule has 0 aliphatic heterocycles. The van der Waals surface area contributed by atoms with Crippen molar-refractivity contribution in [3.05, 3.63) is 21.9 Å². The van der Waals surface area contributed by atoms with E-state index in [1.54, 1.807) is 13.2 Å². The Balaban J connectivity index is 2.15. The van der Waals surface area contributed by atoms with Gasteiger partial charge >= 0.3 is 5.97 Å². The number of hydrogen-bond donors (Lipinski definition) is 2. The van der Waals surface area contributed by atoms with Crippen LogP contribution in [0.15, 0.2) is 12.1 Å². The lowest BCUT2D eigenvalue weighted by molar-refractivity contribution is 0.0702. The first-order valence-corrected chi connectivity index (χ1v) is 6.65. The van der Waals surface area contributed by atoms with Crippen LogP contribution in [0.1, 0.15) is 14.5 Å². The zero-order valence-corrected chi connectivity index (χ0v) is 11.6. The second kappa shape index (κ2) is 8.20. The second-order valence-electron chi connectivity index (χ2n) is 4.04. The highest BCUT2D eigenvalue weighted by molar-refractivity contribution is 7.13. The molecule has 0 radical (unpaired) electrons. The van der Waals surface area contributed by atoms with Crippen molar-refractivity contribution in [3.8, 4) is 0 Å². The number of aromatic carboxylic acids is 1. The molecule has 0 bridgehead atoms. The Morgan fingerprint density at radius 3 is 2.89 bits per heavy atom. The number of methoxy groups -OCH3 is 1. The number of thiophene rings is 1. The molecule has 0 aliphatic carbocycles. The molecule has 0 atom stereocenters. The first-order valence-electron chi connectivity index (χ1n) is 5.83. The van der Waals surface area contributed by atoms with Gasteiger partial charge in [-0.05, 0) is 19.2 Å². The molecule has 0 amide bonds. The zero-order valence-electron chi connectivity index (χ0n) is 10.8. The number of nitrogens with zero attached hydrogens (tertiary/aromatic N) is 1. The van der Waals surface area contributed by atoms with Crippen LogP contribution in [0, 0.1) is 0 Å². The van der Waals surface area contributed by atoms with Gasteiger partial charge in [0, 0.05) is 38.2 Å². The SMILES string of the molecule is COCCN(C)CCNCc1ccc(C(=O)O)s1. The van der Waals surface area contributed by atoms with Crippen molar-refractivity contribution >= 4 is 17.3 Å². The monoisotopic (exact) mass is 272 g/mol. The van der Waals surface area contributed by atoms with Crippen molar-refractivity contribution in [1.29, 1.82) is 0 Å². The van der Waals surface area contributed by atoms with Gasteiger partial charge in [0.05, 0.1) is 6.61 Å². The fourth-order valence-electron chi connectivity index (χ4n) is 1.43. The third-order valence-electron chi connectivity index (χ3n) is 2.52. The molecule has 0 saturated heterocycles. The number of carbonyl (C=O) groups is 1. The van der Waals surface area contributed by atoms with Crippen molar-refractivity contribution in [2.45, 2.75) is 6.54 Å². The minimum absolute atomic E-state index is 0.393. The number of nitrogens with one attached hydrogen (secondary N) is 1. The van der Waals surface area contributed by atoms with Gasteiger partial charge in [-0.2, -0.15) is 0 Å². The summed E-state index contributed by atoms with van der Waals surface area (Å²) in [6.45, 7) is 4.20. The Morgan fingerprint density at radius 2 is 2.28 bits per heavy atom. The predicted octanol–water partition coefficient (Wildman–Crippen LogP) is 1.11. The molecule has 5 nitrogen and oxygen atoms in total. The predicted molar refractivity (Wildman–Crippen MR) is 72.4 cm³/mol. The van der Waals surface area contributed by atoms with Gasteiger partial charge in [0.1, 0.15) is 4.88 Å². The molecule has 0 unspecified atom stereocenters. The fourth-order valence-corrected chi connectivity index (χ4v) is 2.24. The van der Waals surface area contributed by atoms with E-state index in [9.17, 15) is 4.79 Å². The average Bonchev–Trinajstić information content (AvgIpc) is 2.81. The van der Waals surface area contributed by atoms with Crippen molar-refractivity contribution < 1.29 is 14.6 Å². The van der Waals surface area contributed by atoms with Gasteiger partial charge in [-0.15, -0.1) is 11.3 Å². The summed E-state index contributed by atoms with van der Waals surface area (Å²) in [5.41, 5.74) is 0. The molecular weight excluding hydrogens is 252 g/mol. The van der Waals surface area contributed by atoms with Crippen LogP contribution >= 0.6 is 11.3 Å². The maximum absolute atomic E-state index is 10.7. The molecule has 0 aromatic carbocycles. The van der Waals surface area contributed by atoms with E-state index in [1.165, 1.54) is 11.3 Å². The summed E-state index contributed by atoms with van der Waals surface area (Å²) in [6.07, 6.45) is 0. The highest BCUT2D eigenvalue weighted by atomic mass is 32.1. The third-order valence-corrected chi connectivity index (χ3v) is 3.59. The molecule has 1 aromatic rings. The maximum atomic E-state index is 10.7. The van der Waals surface area contributed by atoms with Crippen molar-refractivity contribution in [2.75, 3.05) is 40.4 Å². The standard InChI is InChI=1S/C12H20N2O3S/c1-14(7-8-17-2)6-5-13-9-10-3-4-11(18-10)12(15)16/h3-4,13H,5-9H2,1-2H3,(H,15,16). The molecule has 6 heteroatoms. The van der Waals surface area contributed by atoms with Crippen LogP contribution in [-0.4, -0.2) is 56.4 Å². The number of likely N-dealkylation sites (N-methyl/N-ethyl adjacent to an activating group) is 1. The molecule has 1 heterocycles. The van der Waals surface area contributed by atoms with E-state index in [0.717, 1.165) is 37.7 Å². The molecule has 102 valence electrons. The highest BCUT2D eigenvalue weighted by Crippen LogP contribution is 2.15. The van der Waals surface area contributed by atoms with E-state index in [4.69, 9.17) is 9.84 Å². The Kier molecular flexibility index (Phi) is 6.89. The fraction of sp³-hybridized carbons (Fsp3) is 0.583. The lowest BCUT2D eigenvalue weighted by Gasteiger charge is -2.15. The summed E-state index contributed by atoms with van der Waals surface area (Å²) in [5, 5.41) is 12.1. The van der Waals surface area contributed by atoms with Crippen molar-refractivity contribution in [3.63, 3.8) is 0 Å². The van der Waals surface area contributed by atoms with Gasteiger partial charge in [-0.25, -0.2) is 4.79 Å². The van der Waals surface area contributed by atoms with Crippen molar-refractivity contribution in [2.24, 2.45) is 0 Å². The van der Waals surface area contributed by atoms with E-state index in [2.05, 4.69) is 10.2 Å². The summed E-state index contributed by atoms with van der Waals surface area (Å²) in [5.74, 6) is -0.856. The summed E-state index contributed by atoms with van der Waals surface area (Å²) in [4.78, 5) is 14.3. The summed E-state index contributed by atoms with van der Waals surface area (Å²) in [7, 11) is 3.75. The zero-order chi connectivity index (χ0) is 13.4. The largest absolute Gasteiger partial charge is 0.477 e. The molecule has 0 aliphatic rings. The number of rotatable bonds is 9. The van der Waals surface area contributed by atoms with Gasteiger partial charge in [-0.1, -0.05) is 0 Å². The molecular formula is C12H20N2O3S. The highest BCUT2D eigenvalue weighted by Gasteiger charge is 2.06. The van der Waals surface area contributed by atoms with Crippen LogP contribution in [0.25, 0.3) is 0 Å². The van der Waals surface area contributed by atoms with Crippen LogP contribution in [0.4, 0.5) is 0 Å². The minimum Gasteiger partial charge on any atom is -0.477 e. The Morgan fingerprint density at radius 1 is 1.50 bits per heavy atom. The average molecular weight is 272 g/mol. The summed E-state index contributed by atoms with van der Waals surface area (Å²) >= 11 is 1.32. The smallest absolute Gasteiger partial charge is 0.345 e. The minimum atomic E-state index is -0.856. The van der Waals surface area contributed by atoms with E-state index >= 15 is 0 Å². The first kappa shape index (κ1) is 15.1. The van der Waals surface area contributed by atoms with Gasteiger partial charge in [-0.3, -0.25) is 0 Å². The number of ether oxygens (including phenoxy) is 1. The van der Waals surface area contributed by atoms with E-state index in [1.807, 2.05) is 13.1 Å². The van der Waals surface area contributed by atoms with Crippen LogP contribution < -0.4 is 5.32 Å². The van der Waals surface area contributed by atoms with E-state index in [-0.39, 0.29) is 0 Å². The lowest BCUT2D eigenvalue weighted by Crippen LogP contribution is -2.31. The van der Waals surface area contributed by atoms with Gasteiger partial charge in [0.2, 0.25) is 0 Å². The Labute approximate surface area is 111 Å². The van der Waals surface area contributed by atoms with Gasteiger partial charge in [0.25, 0.3) is 0 Å². The number of hydrogen-bond acceptors (Lipinski definition) is 5. The van der Waals surface area contributed by atoms with Gasteiger partial charge in [0.15, 0.2) is 0 Å². The summed E-state index contributed by atoms with van der Waals surface area (Å²) < 4.78 is 5.00. The van der Waals surface area contributed by atoms with Crippen LogP contribution in [-0.2, 0) is 11.3 Å². The molecule has 18 heavy (non-hydrogen) atoms. The topological polar surface area (TPSA) is 61.8 Å². The normalized spacial score (nSPS) is 11.1.